The molecule has 0 bridgehead atoms. The quantitative estimate of drug-likeness (QED) is 0.432. The summed E-state index contributed by atoms with van der Waals surface area (Å²) in [5.41, 5.74) is 2.92. The molecule has 1 aliphatic carbocycles. The Labute approximate surface area is 182 Å². The highest BCUT2D eigenvalue weighted by atomic mass is 32.2. The summed E-state index contributed by atoms with van der Waals surface area (Å²) in [5.74, 6) is 0.816. The molecule has 2 aromatic carbocycles. The molecule has 3 atom stereocenters. The van der Waals surface area contributed by atoms with E-state index in [9.17, 15) is 13.2 Å². The standard InChI is InChI=1S/C23H26N2O5S/c1-14(26)30-21-11-8-15(12-22(21)29-4)23-18-7-5-6-17(18)19-13-16(9-10-20(19)24-23)31(27,28)25(2)3/h5-6,8-13,17-18,23-24H,7H2,1-4H3. The van der Waals surface area contributed by atoms with Crippen molar-refractivity contribution in [3.05, 3.63) is 59.7 Å². The van der Waals surface area contributed by atoms with Gasteiger partial charge >= 0.3 is 5.97 Å². The Morgan fingerprint density at radius 3 is 2.58 bits per heavy atom. The maximum Gasteiger partial charge on any atom is 0.308 e. The number of benzene rings is 2. The highest BCUT2D eigenvalue weighted by molar-refractivity contribution is 7.89. The summed E-state index contributed by atoms with van der Waals surface area (Å²) >= 11 is 0. The number of carbonyl (C=O) groups is 1. The van der Waals surface area contributed by atoms with Crippen LogP contribution in [0.15, 0.2) is 53.4 Å². The van der Waals surface area contributed by atoms with Crippen LogP contribution in [0.25, 0.3) is 0 Å². The first kappa shape index (κ1) is 21.4. The van der Waals surface area contributed by atoms with E-state index in [0.29, 0.717) is 16.4 Å². The lowest BCUT2D eigenvalue weighted by molar-refractivity contribution is -0.132. The number of rotatable bonds is 5. The second-order valence-electron chi connectivity index (χ2n) is 8.02. The third-order valence-corrected chi connectivity index (χ3v) is 7.72. The number of fused-ring (bicyclic) bond motifs is 3. The van der Waals surface area contributed by atoms with Crippen LogP contribution in [-0.2, 0) is 14.8 Å². The van der Waals surface area contributed by atoms with Crippen molar-refractivity contribution in [2.75, 3.05) is 26.5 Å². The second-order valence-corrected chi connectivity index (χ2v) is 10.2. The SMILES string of the molecule is COc1cc(C2Nc3ccc(S(=O)(=O)N(C)C)cc3C3C=CCC32)ccc1OC(C)=O. The molecule has 0 aromatic heterocycles. The number of carbonyl (C=O) groups excluding carboxylic acids is 1. The summed E-state index contributed by atoms with van der Waals surface area (Å²) in [6.07, 6.45) is 5.19. The van der Waals surface area contributed by atoms with Crippen molar-refractivity contribution in [2.45, 2.75) is 30.2 Å². The van der Waals surface area contributed by atoms with E-state index in [4.69, 9.17) is 9.47 Å². The Kier molecular flexibility index (Phi) is 5.53. The van der Waals surface area contributed by atoms with Crippen molar-refractivity contribution in [3.63, 3.8) is 0 Å². The first-order valence-corrected chi connectivity index (χ1v) is 11.5. The van der Waals surface area contributed by atoms with E-state index < -0.39 is 16.0 Å². The van der Waals surface area contributed by atoms with Crippen molar-refractivity contribution < 1.29 is 22.7 Å². The number of sulfonamides is 1. The first-order valence-electron chi connectivity index (χ1n) is 10.1. The van der Waals surface area contributed by atoms with Gasteiger partial charge in [0, 0.05) is 32.6 Å². The maximum absolute atomic E-state index is 12.6. The van der Waals surface area contributed by atoms with E-state index in [1.54, 1.807) is 25.3 Å². The molecule has 164 valence electrons. The molecule has 1 aliphatic heterocycles. The number of esters is 1. The first-order chi connectivity index (χ1) is 14.7. The predicted molar refractivity (Wildman–Crippen MR) is 118 cm³/mol. The van der Waals surface area contributed by atoms with Crippen LogP contribution in [0.1, 0.15) is 36.4 Å². The minimum absolute atomic E-state index is 0.00378. The average molecular weight is 443 g/mol. The average Bonchev–Trinajstić information content (AvgIpc) is 3.23. The van der Waals surface area contributed by atoms with Crippen molar-refractivity contribution in [1.29, 1.82) is 0 Å². The number of anilines is 1. The summed E-state index contributed by atoms with van der Waals surface area (Å²) in [6.45, 7) is 1.35. The van der Waals surface area contributed by atoms with Gasteiger partial charge < -0.3 is 14.8 Å². The van der Waals surface area contributed by atoms with Crippen LogP contribution >= 0.6 is 0 Å². The molecule has 8 heteroatoms. The van der Waals surface area contributed by atoms with Crippen LogP contribution in [0, 0.1) is 5.92 Å². The predicted octanol–water partition coefficient (Wildman–Crippen LogP) is 3.70. The minimum atomic E-state index is -3.51. The molecule has 31 heavy (non-hydrogen) atoms. The summed E-state index contributed by atoms with van der Waals surface area (Å²) in [5, 5.41) is 3.59. The van der Waals surface area contributed by atoms with Gasteiger partial charge in [-0.15, -0.1) is 0 Å². The molecule has 4 rings (SSSR count). The third kappa shape index (κ3) is 3.81. The Morgan fingerprint density at radius 2 is 1.90 bits per heavy atom. The number of nitrogens with one attached hydrogen (secondary N) is 1. The Balaban J connectivity index is 1.73. The van der Waals surface area contributed by atoms with Crippen LogP contribution in [0.2, 0.25) is 0 Å². The summed E-state index contributed by atoms with van der Waals surface area (Å²) in [4.78, 5) is 11.6. The van der Waals surface area contributed by atoms with Gasteiger partial charge in [-0.3, -0.25) is 4.79 Å². The number of nitrogens with zero attached hydrogens (tertiary/aromatic N) is 1. The van der Waals surface area contributed by atoms with Gasteiger partial charge in [0.25, 0.3) is 0 Å². The third-order valence-electron chi connectivity index (χ3n) is 5.91. The van der Waals surface area contributed by atoms with Crippen molar-refractivity contribution in [3.8, 4) is 11.5 Å². The fourth-order valence-corrected chi connectivity index (χ4v) is 5.33. The lowest BCUT2D eigenvalue weighted by Crippen LogP contribution is -2.29. The Morgan fingerprint density at radius 1 is 1.13 bits per heavy atom. The molecule has 1 heterocycles. The van der Waals surface area contributed by atoms with E-state index in [2.05, 4.69) is 17.5 Å². The molecule has 0 fully saturated rings. The number of hydrogen-bond donors (Lipinski definition) is 1. The zero-order chi connectivity index (χ0) is 22.3. The molecule has 0 saturated carbocycles. The smallest absolute Gasteiger partial charge is 0.308 e. The molecule has 0 spiro atoms. The summed E-state index contributed by atoms with van der Waals surface area (Å²) in [7, 11) is 1.11. The fraction of sp³-hybridized carbons (Fsp3) is 0.348. The van der Waals surface area contributed by atoms with Crippen LogP contribution < -0.4 is 14.8 Å². The van der Waals surface area contributed by atoms with Crippen LogP contribution in [0.3, 0.4) is 0 Å². The lowest BCUT2D eigenvalue weighted by atomic mass is 9.77. The molecule has 0 amide bonds. The number of methoxy groups -OCH3 is 1. The second kappa shape index (κ2) is 8.01. The van der Waals surface area contributed by atoms with Crippen molar-refractivity contribution in [2.24, 2.45) is 5.92 Å². The minimum Gasteiger partial charge on any atom is -0.493 e. The van der Waals surface area contributed by atoms with E-state index in [1.807, 2.05) is 18.2 Å². The van der Waals surface area contributed by atoms with Crippen LogP contribution in [0.4, 0.5) is 5.69 Å². The van der Waals surface area contributed by atoms with Crippen molar-refractivity contribution in [1.82, 2.24) is 4.31 Å². The van der Waals surface area contributed by atoms with E-state index in [-0.39, 0.29) is 17.9 Å². The normalized spacial score (nSPS) is 21.9. The zero-order valence-corrected chi connectivity index (χ0v) is 18.8. The van der Waals surface area contributed by atoms with Crippen LogP contribution in [0.5, 0.6) is 11.5 Å². The number of allylic oxidation sites excluding steroid dienone is 2. The fourth-order valence-electron chi connectivity index (χ4n) is 4.39. The van der Waals surface area contributed by atoms with Gasteiger partial charge in [0.15, 0.2) is 11.5 Å². The van der Waals surface area contributed by atoms with Gasteiger partial charge in [0.1, 0.15) is 0 Å². The lowest BCUT2D eigenvalue weighted by Gasteiger charge is -2.38. The number of ether oxygens (including phenoxy) is 2. The van der Waals surface area contributed by atoms with Gasteiger partial charge in [-0.05, 0) is 53.8 Å². The Hall–Kier alpha value is -2.84. The highest BCUT2D eigenvalue weighted by Crippen LogP contribution is 2.51. The van der Waals surface area contributed by atoms with Gasteiger partial charge in [0.2, 0.25) is 10.0 Å². The number of hydrogen-bond acceptors (Lipinski definition) is 6. The largest absolute Gasteiger partial charge is 0.493 e. The van der Waals surface area contributed by atoms with Gasteiger partial charge in [-0.2, -0.15) is 0 Å². The van der Waals surface area contributed by atoms with E-state index >= 15 is 0 Å². The van der Waals surface area contributed by atoms with E-state index in [0.717, 1.165) is 23.2 Å². The Bertz CT molecular complexity index is 1160. The van der Waals surface area contributed by atoms with Crippen molar-refractivity contribution >= 4 is 21.7 Å². The monoisotopic (exact) mass is 442 g/mol. The van der Waals surface area contributed by atoms with Crippen LogP contribution in [-0.4, -0.2) is 39.9 Å². The van der Waals surface area contributed by atoms with E-state index in [1.165, 1.54) is 25.3 Å². The molecule has 1 N–H and O–H groups in total. The molecule has 3 unspecified atom stereocenters. The van der Waals surface area contributed by atoms with Gasteiger partial charge in [-0.25, -0.2) is 12.7 Å². The maximum atomic E-state index is 12.6. The molecule has 7 nitrogen and oxygen atoms in total. The molecular weight excluding hydrogens is 416 g/mol. The van der Waals surface area contributed by atoms with Gasteiger partial charge in [-0.1, -0.05) is 18.2 Å². The molecule has 2 aliphatic rings. The van der Waals surface area contributed by atoms with Gasteiger partial charge in [0.05, 0.1) is 18.0 Å². The molecular formula is C23H26N2O5S. The topological polar surface area (TPSA) is 84.9 Å². The zero-order valence-electron chi connectivity index (χ0n) is 18.0. The highest BCUT2D eigenvalue weighted by Gasteiger charge is 2.39. The summed E-state index contributed by atoms with van der Waals surface area (Å²) in [6, 6.07) is 10.8. The molecule has 0 radical (unpaired) electrons. The molecule has 2 aromatic rings. The summed E-state index contributed by atoms with van der Waals surface area (Å²) < 4.78 is 37.1. The molecule has 0 saturated heterocycles.